The van der Waals surface area contributed by atoms with Crippen LogP contribution in [0.2, 0.25) is 0 Å². The van der Waals surface area contributed by atoms with Crippen LogP contribution in [0.3, 0.4) is 0 Å². The smallest absolute Gasteiger partial charge is 0.306 e. The maximum Gasteiger partial charge on any atom is 0.306 e. The van der Waals surface area contributed by atoms with E-state index in [9.17, 15) is 17.6 Å². The Morgan fingerprint density at radius 3 is 2.68 bits per heavy atom. The molecule has 0 spiro atoms. The first-order chi connectivity index (χ1) is 8.79. The summed E-state index contributed by atoms with van der Waals surface area (Å²) in [4.78, 5) is 13.0. The molecule has 1 heterocycles. The number of nitrogens with two attached hydrogens (primary N) is 1. The van der Waals surface area contributed by atoms with Crippen LogP contribution in [0.1, 0.15) is 5.69 Å². The molecule has 102 valence electrons. The van der Waals surface area contributed by atoms with Gasteiger partial charge in [-0.15, -0.1) is 0 Å². The number of anilines is 2. The second kappa shape index (κ2) is 4.67. The van der Waals surface area contributed by atoms with Crippen LogP contribution in [-0.2, 0) is 10.0 Å². The van der Waals surface area contributed by atoms with Gasteiger partial charge in [-0.2, -0.15) is 0 Å². The number of aromatic nitrogens is 1. The molecule has 0 aliphatic heterocycles. The number of aromatic amines is 1. The summed E-state index contributed by atoms with van der Waals surface area (Å²) in [5, 5.41) is 0. The van der Waals surface area contributed by atoms with Crippen molar-refractivity contribution < 1.29 is 12.8 Å². The van der Waals surface area contributed by atoms with E-state index < -0.39 is 20.7 Å². The van der Waals surface area contributed by atoms with Crippen LogP contribution in [0.25, 0.3) is 0 Å². The van der Waals surface area contributed by atoms with Gasteiger partial charge in [0.2, 0.25) is 0 Å². The average molecular weight is 303 g/mol. The lowest BCUT2D eigenvalue weighted by molar-refractivity contribution is 0.602. The molecular formula is C10H10FN3O3S2. The third-order valence-corrected chi connectivity index (χ3v) is 5.26. The summed E-state index contributed by atoms with van der Waals surface area (Å²) < 4.78 is 39.2. The summed E-state index contributed by atoms with van der Waals surface area (Å²) in [5.41, 5.74) is 5.80. The Kier molecular flexibility index (Phi) is 3.33. The zero-order valence-corrected chi connectivity index (χ0v) is 11.4. The molecule has 6 nitrogen and oxygen atoms in total. The van der Waals surface area contributed by atoms with Crippen molar-refractivity contribution >= 4 is 32.7 Å². The Morgan fingerprint density at radius 1 is 1.42 bits per heavy atom. The number of nitrogens with one attached hydrogen (secondary N) is 2. The van der Waals surface area contributed by atoms with E-state index in [0.29, 0.717) is 11.3 Å². The highest BCUT2D eigenvalue weighted by Crippen LogP contribution is 2.25. The van der Waals surface area contributed by atoms with Crippen LogP contribution < -0.4 is 15.3 Å². The van der Waals surface area contributed by atoms with E-state index in [-0.39, 0.29) is 21.3 Å². The van der Waals surface area contributed by atoms with Gasteiger partial charge in [0.05, 0.1) is 11.4 Å². The molecule has 0 amide bonds. The second-order valence-electron chi connectivity index (χ2n) is 3.76. The first-order valence-electron chi connectivity index (χ1n) is 5.07. The molecule has 0 saturated carbocycles. The molecule has 1 aromatic carbocycles. The maximum atomic E-state index is 13.1. The Labute approximate surface area is 112 Å². The summed E-state index contributed by atoms with van der Waals surface area (Å²) in [6.07, 6.45) is 0. The lowest BCUT2D eigenvalue weighted by atomic mass is 10.3. The first-order valence-corrected chi connectivity index (χ1v) is 7.37. The first kappa shape index (κ1) is 13.6. The van der Waals surface area contributed by atoms with Gasteiger partial charge in [-0.05, 0) is 19.1 Å². The molecule has 19 heavy (non-hydrogen) atoms. The number of rotatable bonds is 3. The summed E-state index contributed by atoms with van der Waals surface area (Å²) in [5.74, 6) is -0.620. The normalized spacial score (nSPS) is 11.5. The number of nitrogen functional groups attached to an aromatic ring is 1. The topological polar surface area (TPSA) is 105 Å². The van der Waals surface area contributed by atoms with Crippen LogP contribution in [0.4, 0.5) is 15.8 Å². The molecule has 0 radical (unpaired) electrons. The maximum absolute atomic E-state index is 13.1. The summed E-state index contributed by atoms with van der Waals surface area (Å²) in [7, 11) is -3.97. The molecule has 1 aromatic heterocycles. The SMILES string of the molecule is Cc1[nH]c(=O)sc1S(=O)(=O)Nc1cc(F)ccc1N. The standard InChI is InChI=1S/C10H10FN3O3S2/c1-5-9(18-10(15)13-5)19(16,17)14-8-4-6(11)2-3-7(8)12/h2-4,14H,12H2,1H3,(H,13,15). The summed E-state index contributed by atoms with van der Waals surface area (Å²) in [6.45, 7) is 1.46. The van der Waals surface area contributed by atoms with E-state index in [1.54, 1.807) is 0 Å². The fraction of sp³-hybridized carbons (Fsp3) is 0.100. The van der Waals surface area contributed by atoms with Crippen molar-refractivity contribution in [3.05, 3.63) is 39.4 Å². The van der Waals surface area contributed by atoms with E-state index in [1.807, 2.05) is 0 Å². The predicted octanol–water partition coefficient (Wildman–Crippen LogP) is 1.27. The molecule has 0 atom stereocenters. The van der Waals surface area contributed by atoms with Gasteiger partial charge in [0.15, 0.2) is 4.21 Å². The highest BCUT2D eigenvalue weighted by molar-refractivity contribution is 7.94. The Morgan fingerprint density at radius 2 is 2.11 bits per heavy atom. The Balaban J connectivity index is 2.45. The second-order valence-corrected chi connectivity index (χ2v) is 6.62. The third kappa shape index (κ3) is 2.76. The number of halogens is 1. The number of hydrogen-bond donors (Lipinski definition) is 3. The van der Waals surface area contributed by atoms with Crippen LogP contribution in [0.15, 0.2) is 27.2 Å². The van der Waals surface area contributed by atoms with Gasteiger partial charge in [-0.1, -0.05) is 11.3 Å². The highest BCUT2D eigenvalue weighted by Gasteiger charge is 2.21. The summed E-state index contributed by atoms with van der Waals surface area (Å²) >= 11 is 0.554. The fourth-order valence-electron chi connectivity index (χ4n) is 1.45. The van der Waals surface area contributed by atoms with Gasteiger partial charge in [-0.25, -0.2) is 12.8 Å². The molecule has 4 N–H and O–H groups in total. The molecular weight excluding hydrogens is 293 g/mol. The number of H-pyrrole nitrogens is 1. The van der Waals surface area contributed by atoms with Crippen molar-refractivity contribution in [2.75, 3.05) is 10.5 Å². The number of sulfonamides is 1. The fourth-order valence-corrected chi connectivity index (χ4v) is 3.84. The number of thiazole rings is 1. The van der Waals surface area contributed by atoms with E-state index in [0.717, 1.165) is 12.1 Å². The van der Waals surface area contributed by atoms with Crippen molar-refractivity contribution in [1.82, 2.24) is 4.98 Å². The van der Waals surface area contributed by atoms with Gasteiger partial charge in [0, 0.05) is 11.8 Å². The van der Waals surface area contributed by atoms with Crippen molar-refractivity contribution in [1.29, 1.82) is 0 Å². The van der Waals surface area contributed by atoms with Gasteiger partial charge in [0.1, 0.15) is 5.82 Å². The van der Waals surface area contributed by atoms with Gasteiger partial charge in [-0.3, -0.25) is 9.52 Å². The lowest BCUT2D eigenvalue weighted by Gasteiger charge is -2.09. The molecule has 0 unspecified atom stereocenters. The molecule has 0 aliphatic carbocycles. The largest absolute Gasteiger partial charge is 0.397 e. The molecule has 0 saturated heterocycles. The summed E-state index contributed by atoms with van der Waals surface area (Å²) in [6, 6.07) is 3.34. The minimum absolute atomic E-state index is 0.0692. The van der Waals surface area contributed by atoms with Crippen molar-refractivity contribution in [2.24, 2.45) is 0 Å². The Hall–Kier alpha value is -1.87. The molecule has 0 aliphatic rings. The van der Waals surface area contributed by atoms with E-state index >= 15 is 0 Å². The zero-order valence-electron chi connectivity index (χ0n) is 9.73. The zero-order chi connectivity index (χ0) is 14.2. The lowest BCUT2D eigenvalue weighted by Crippen LogP contribution is -2.14. The van der Waals surface area contributed by atoms with Crippen LogP contribution in [0.5, 0.6) is 0 Å². The molecule has 0 fully saturated rings. The average Bonchev–Trinajstić information content (AvgIpc) is 2.63. The number of benzene rings is 1. The minimum atomic E-state index is -3.97. The van der Waals surface area contributed by atoms with Gasteiger partial charge >= 0.3 is 4.87 Å². The highest BCUT2D eigenvalue weighted by atomic mass is 32.2. The van der Waals surface area contributed by atoms with Crippen molar-refractivity contribution in [2.45, 2.75) is 11.1 Å². The van der Waals surface area contributed by atoms with E-state index in [4.69, 9.17) is 5.73 Å². The Bertz CT molecular complexity index is 780. The monoisotopic (exact) mass is 303 g/mol. The molecule has 9 heteroatoms. The van der Waals surface area contributed by atoms with E-state index in [2.05, 4.69) is 9.71 Å². The van der Waals surface area contributed by atoms with Gasteiger partial charge < -0.3 is 10.7 Å². The molecule has 2 rings (SSSR count). The number of aryl methyl sites for hydroxylation is 1. The third-order valence-electron chi connectivity index (χ3n) is 2.28. The molecule has 0 bridgehead atoms. The van der Waals surface area contributed by atoms with Crippen molar-refractivity contribution in [3.8, 4) is 0 Å². The quantitative estimate of drug-likeness (QED) is 0.742. The molecule has 2 aromatic rings. The number of hydrogen-bond acceptors (Lipinski definition) is 5. The van der Waals surface area contributed by atoms with Crippen LogP contribution in [-0.4, -0.2) is 13.4 Å². The van der Waals surface area contributed by atoms with E-state index in [1.165, 1.54) is 13.0 Å². The van der Waals surface area contributed by atoms with Crippen molar-refractivity contribution in [3.63, 3.8) is 0 Å². The predicted molar refractivity (Wildman–Crippen MR) is 71.3 cm³/mol. The minimum Gasteiger partial charge on any atom is -0.397 e. The van der Waals surface area contributed by atoms with Crippen LogP contribution in [0, 0.1) is 12.7 Å². The van der Waals surface area contributed by atoms with Crippen LogP contribution >= 0.6 is 11.3 Å². The van der Waals surface area contributed by atoms with Gasteiger partial charge in [0.25, 0.3) is 10.0 Å².